The molecule has 1 fully saturated rings. The Kier molecular flexibility index (Phi) is 3.98. The molecule has 2 aliphatic heterocycles. The number of fused-ring (bicyclic) bond motifs is 1. The summed E-state index contributed by atoms with van der Waals surface area (Å²) < 4.78 is 6.25. The maximum atomic E-state index is 6.25. The van der Waals surface area contributed by atoms with Gasteiger partial charge in [0, 0.05) is 24.6 Å². The summed E-state index contributed by atoms with van der Waals surface area (Å²) in [4.78, 5) is 2.58. The van der Waals surface area contributed by atoms with E-state index in [4.69, 9.17) is 10.5 Å². The van der Waals surface area contributed by atoms with Crippen LogP contribution in [-0.2, 0) is 6.42 Å². The quantitative estimate of drug-likeness (QED) is 0.927. The molecule has 21 heavy (non-hydrogen) atoms. The van der Waals surface area contributed by atoms with Crippen molar-refractivity contribution in [1.82, 2.24) is 4.90 Å². The van der Waals surface area contributed by atoms with Gasteiger partial charge in [0.05, 0.1) is 6.04 Å². The molecule has 0 saturated carbocycles. The van der Waals surface area contributed by atoms with E-state index >= 15 is 0 Å². The van der Waals surface area contributed by atoms with Crippen LogP contribution in [0.15, 0.2) is 18.2 Å². The van der Waals surface area contributed by atoms with Crippen molar-refractivity contribution in [3.63, 3.8) is 0 Å². The molecule has 0 radical (unpaired) electrons. The number of para-hydroxylation sites is 1. The standard InChI is InChI=1S/C18H28N2O/c1-13-7-4-5-10-20(13)16(12-19)15-9-6-8-14-11-18(2,3)21-17(14)15/h6,8-9,13,16H,4-5,7,10-12,19H2,1-3H3. The summed E-state index contributed by atoms with van der Waals surface area (Å²) in [6, 6.07) is 7.46. The molecular weight excluding hydrogens is 260 g/mol. The second-order valence-electron chi connectivity index (χ2n) is 7.21. The number of likely N-dealkylation sites (tertiary alicyclic amines) is 1. The highest BCUT2D eigenvalue weighted by molar-refractivity contribution is 5.47. The zero-order valence-electron chi connectivity index (χ0n) is 13.6. The normalized spacial score (nSPS) is 26.2. The zero-order chi connectivity index (χ0) is 15.0. The molecule has 116 valence electrons. The summed E-state index contributed by atoms with van der Waals surface area (Å²) in [5.74, 6) is 1.09. The first-order valence-electron chi connectivity index (χ1n) is 8.28. The van der Waals surface area contributed by atoms with Gasteiger partial charge in [0.2, 0.25) is 0 Å². The second kappa shape index (κ2) is 5.62. The monoisotopic (exact) mass is 288 g/mol. The van der Waals surface area contributed by atoms with E-state index in [2.05, 4.69) is 43.9 Å². The zero-order valence-corrected chi connectivity index (χ0v) is 13.6. The fourth-order valence-electron chi connectivity index (χ4n) is 3.93. The van der Waals surface area contributed by atoms with Crippen molar-refractivity contribution in [3.05, 3.63) is 29.3 Å². The molecule has 0 spiro atoms. The molecule has 2 heterocycles. The summed E-state index contributed by atoms with van der Waals surface area (Å²) >= 11 is 0. The minimum atomic E-state index is -0.0922. The lowest BCUT2D eigenvalue weighted by Gasteiger charge is -2.40. The molecule has 1 aromatic rings. The van der Waals surface area contributed by atoms with Crippen molar-refractivity contribution < 1.29 is 4.74 Å². The van der Waals surface area contributed by atoms with Gasteiger partial charge in [0.1, 0.15) is 11.4 Å². The lowest BCUT2D eigenvalue weighted by Crippen LogP contribution is -2.43. The molecule has 2 atom stereocenters. The summed E-state index contributed by atoms with van der Waals surface area (Å²) in [5.41, 5.74) is 8.69. The fourth-order valence-corrected chi connectivity index (χ4v) is 3.93. The Bertz CT molecular complexity index is 512. The highest BCUT2D eigenvalue weighted by atomic mass is 16.5. The number of hydrogen-bond donors (Lipinski definition) is 1. The SMILES string of the molecule is CC1CCCCN1C(CN)c1cccc2c1OC(C)(C)C2. The van der Waals surface area contributed by atoms with Gasteiger partial charge in [0.15, 0.2) is 0 Å². The van der Waals surface area contributed by atoms with E-state index < -0.39 is 0 Å². The average molecular weight is 288 g/mol. The number of ether oxygens (including phenoxy) is 1. The number of hydrogen-bond acceptors (Lipinski definition) is 3. The average Bonchev–Trinajstić information content (AvgIpc) is 2.76. The first kappa shape index (κ1) is 14.9. The van der Waals surface area contributed by atoms with E-state index in [1.807, 2.05) is 0 Å². The van der Waals surface area contributed by atoms with Crippen molar-refractivity contribution in [2.45, 2.75) is 64.1 Å². The minimum absolute atomic E-state index is 0.0922. The first-order chi connectivity index (χ1) is 10.0. The number of nitrogens with two attached hydrogens (primary N) is 1. The Labute approximate surface area is 128 Å². The minimum Gasteiger partial charge on any atom is -0.487 e. The van der Waals surface area contributed by atoms with Gasteiger partial charge in [-0.05, 0) is 45.7 Å². The molecule has 1 saturated heterocycles. The van der Waals surface area contributed by atoms with E-state index in [1.165, 1.54) is 30.4 Å². The van der Waals surface area contributed by atoms with Gasteiger partial charge in [-0.2, -0.15) is 0 Å². The van der Waals surface area contributed by atoms with Crippen LogP contribution in [0.25, 0.3) is 0 Å². The van der Waals surface area contributed by atoms with Gasteiger partial charge < -0.3 is 10.5 Å². The van der Waals surface area contributed by atoms with Crippen molar-refractivity contribution in [2.75, 3.05) is 13.1 Å². The van der Waals surface area contributed by atoms with Crippen LogP contribution in [0.1, 0.15) is 57.2 Å². The van der Waals surface area contributed by atoms with Crippen LogP contribution < -0.4 is 10.5 Å². The lowest BCUT2D eigenvalue weighted by molar-refractivity contribution is 0.1000. The van der Waals surface area contributed by atoms with E-state index in [0.29, 0.717) is 12.6 Å². The van der Waals surface area contributed by atoms with Crippen LogP contribution in [-0.4, -0.2) is 29.6 Å². The van der Waals surface area contributed by atoms with Gasteiger partial charge in [-0.15, -0.1) is 0 Å². The third-order valence-electron chi connectivity index (χ3n) is 4.96. The third-order valence-corrected chi connectivity index (χ3v) is 4.96. The van der Waals surface area contributed by atoms with Crippen LogP contribution in [0.2, 0.25) is 0 Å². The molecule has 0 amide bonds. The maximum Gasteiger partial charge on any atom is 0.128 e. The molecule has 2 N–H and O–H groups in total. The molecule has 3 rings (SSSR count). The van der Waals surface area contributed by atoms with Gasteiger partial charge >= 0.3 is 0 Å². The number of piperidine rings is 1. The Hall–Kier alpha value is -1.06. The molecule has 3 heteroatoms. The smallest absolute Gasteiger partial charge is 0.128 e. The summed E-state index contributed by atoms with van der Waals surface area (Å²) in [6.07, 6.45) is 4.88. The summed E-state index contributed by atoms with van der Waals surface area (Å²) in [7, 11) is 0. The van der Waals surface area contributed by atoms with Crippen LogP contribution in [0, 0.1) is 0 Å². The second-order valence-corrected chi connectivity index (χ2v) is 7.21. The molecule has 2 aliphatic rings. The lowest BCUT2D eigenvalue weighted by atomic mass is 9.94. The van der Waals surface area contributed by atoms with E-state index in [9.17, 15) is 0 Å². The summed E-state index contributed by atoms with van der Waals surface area (Å²) in [5, 5.41) is 0. The van der Waals surface area contributed by atoms with Gasteiger partial charge in [-0.3, -0.25) is 4.90 Å². The fraction of sp³-hybridized carbons (Fsp3) is 0.667. The Morgan fingerprint density at radius 3 is 2.90 bits per heavy atom. The Morgan fingerprint density at radius 2 is 2.19 bits per heavy atom. The predicted octanol–water partition coefficient (Wildman–Crippen LogP) is 3.27. The van der Waals surface area contributed by atoms with Gasteiger partial charge in [0.25, 0.3) is 0 Å². The molecule has 2 unspecified atom stereocenters. The molecule has 3 nitrogen and oxygen atoms in total. The van der Waals surface area contributed by atoms with E-state index in [-0.39, 0.29) is 11.6 Å². The van der Waals surface area contributed by atoms with Crippen LogP contribution in [0.3, 0.4) is 0 Å². The van der Waals surface area contributed by atoms with Crippen LogP contribution in [0.5, 0.6) is 5.75 Å². The topological polar surface area (TPSA) is 38.5 Å². The van der Waals surface area contributed by atoms with Crippen molar-refractivity contribution >= 4 is 0 Å². The van der Waals surface area contributed by atoms with Crippen molar-refractivity contribution in [2.24, 2.45) is 5.73 Å². The number of benzene rings is 1. The molecule has 0 bridgehead atoms. The molecule has 1 aromatic carbocycles. The van der Waals surface area contributed by atoms with Crippen LogP contribution >= 0.6 is 0 Å². The van der Waals surface area contributed by atoms with E-state index in [1.54, 1.807) is 0 Å². The first-order valence-corrected chi connectivity index (χ1v) is 8.28. The summed E-state index contributed by atoms with van der Waals surface area (Å²) in [6.45, 7) is 8.46. The van der Waals surface area contributed by atoms with Crippen LogP contribution in [0.4, 0.5) is 0 Å². The van der Waals surface area contributed by atoms with Gasteiger partial charge in [-0.1, -0.05) is 24.6 Å². The van der Waals surface area contributed by atoms with Gasteiger partial charge in [-0.25, -0.2) is 0 Å². The Morgan fingerprint density at radius 1 is 1.38 bits per heavy atom. The molecule has 0 aromatic heterocycles. The third kappa shape index (κ3) is 2.82. The highest BCUT2D eigenvalue weighted by Crippen LogP contribution is 2.42. The highest BCUT2D eigenvalue weighted by Gasteiger charge is 2.35. The largest absolute Gasteiger partial charge is 0.487 e. The van der Waals surface area contributed by atoms with Crippen molar-refractivity contribution in [3.8, 4) is 5.75 Å². The molecule has 0 aliphatic carbocycles. The Balaban J connectivity index is 1.94. The number of rotatable bonds is 3. The van der Waals surface area contributed by atoms with E-state index in [0.717, 1.165) is 18.7 Å². The molecular formula is C18H28N2O. The van der Waals surface area contributed by atoms with Crippen molar-refractivity contribution in [1.29, 1.82) is 0 Å². The number of nitrogens with zero attached hydrogens (tertiary/aromatic N) is 1. The predicted molar refractivity (Wildman–Crippen MR) is 86.7 cm³/mol. The maximum absolute atomic E-state index is 6.25.